The number of hydrogen-bond donors (Lipinski definition) is 0. The molecule has 0 N–H and O–H groups in total. The molecule has 0 aromatic carbocycles. The largest absolute Gasteiger partial charge is 0.149 e. The molecule has 0 spiro atoms. The summed E-state index contributed by atoms with van der Waals surface area (Å²) in [4.78, 5) is 1.51. The zero-order chi connectivity index (χ0) is 7.23. The van der Waals surface area contributed by atoms with Crippen LogP contribution in [-0.4, -0.2) is 5.33 Å². The van der Waals surface area contributed by atoms with Crippen LogP contribution in [0.15, 0.2) is 17.5 Å². The van der Waals surface area contributed by atoms with Crippen molar-refractivity contribution >= 4 is 27.3 Å². The molecule has 0 amide bonds. The van der Waals surface area contributed by atoms with Crippen LogP contribution < -0.4 is 0 Å². The van der Waals surface area contributed by atoms with Gasteiger partial charge in [-0.25, -0.2) is 0 Å². The maximum absolute atomic E-state index is 3.42. The highest BCUT2D eigenvalue weighted by Crippen LogP contribution is 2.11. The minimum atomic E-state index is 1.14. The van der Waals surface area contributed by atoms with Crippen LogP contribution in [0.2, 0.25) is 0 Å². The van der Waals surface area contributed by atoms with E-state index in [1.54, 1.807) is 0 Å². The monoisotopic (exact) mass is 218 g/mol. The third-order valence-corrected chi connectivity index (χ3v) is 2.88. The molecule has 56 valence electrons. The maximum Gasteiger partial charge on any atom is 0.00452 e. The molecule has 0 fully saturated rings. The molecule has 0 unspecified atom stereocenters. The lowest BCUT2D eigenvalue weighted by Gasteiger charge is -1.92. The van der Waals surface area contributed by atoms with E-state index in [0.29, 0.717) is 0 Å². The highest BCUT2D eigenvalue weighted by Gasteiger charge is 1.91. The second kappa shape index (κ2) is 4.91. The Labute approximate surface area is 74.4 Å². The number of unbranched alkanes of at least 4 members (excludes halogenated alkanes) is 1. The lowest BCUT2D eigenvalue weighted by atomic mass is 10.2. The van der Waals surface area contributed by atoms with E-state index in [9.17, 15) is 0 Å². The van der Waals surface area contributed by atoms with Gasteiger partial charge in [-0.05, 0) is 30.7 Å². The van der Waals surface area contributed by atoms with Crippen LogP contribution in [0, 0.1) is 0 Å². The van der Waals surface area contributed by atoms with Gasteiger partial charge in [0.1, 0.15) is 0 Å². The first kappa shape index (κ1) is 8.28. The van der Waals surface area contributed by atoms with Crippen molar-refractivity contribution in [3.8, 4) is 0 Å². The van der Waals surface area contributed by atoms with Gasteiger partial charge in [-0.1, -0.05) is 22.0 Å². The Morgan fingerprint density at radius 3 is 2.90 bits per heavy atom. The van der Waals surface area contributed by atoms with Crippen molar-refractivity contribution in [2.75, 3.05) is 5.33 Å². The Morgan fingerprint density at radius 2 is 2.30 bits per heavy atom. The Kier molecular flexibility index (Phi) is 4.07. The fourth-order valence-corrected chi connectivity index (χ4v) is 2.00. The number of halogens is 1. The number of alkyl halides is 1. The lowest BCUT2D eigenvalue weighted by Crippen LogP contribution is -1.80. The number of thiophene rings is 1. The van der Waals surface area contributed by atoms with Gasteiger partial charge in [0, 0.05) is 10.2 Å². The molecule has 0 radical (unpaired) electrons. The number of hydrogen-bond acceptors (Lipinski definition) is 1. The van der Waals surface area contributed by atoms with E-state index in [4.69, 9.17) is 0 Å². The second-order valence-electron chi connectivity index (χ2n) is 2.23. The standard InChI is InChI=1S/C8H11BrS/c9-6-2-1-4-8-5-3-7-10-8/h3,5,7H,1-2,4,6H2. The van der Waals surface area contributed by atoms with Crippen LogP contribution in [0.25, 0.3) is 0 Å². The van der Waals surface area contributed by atoms with Gasteiger partial charge in [0.2, 0.25) is 0 Å². The Hall–Kier alpha value is 0.180. The molecule has 10 heavy (non-hydrogen) atoms. The van der Waals surface area contributed by atoms with Gasteiger partial charge in [-0.3, -0.25) is 0 Å². The van der Waals surface area contributed by atoms with Crippen LogP contribution in [0.5, 0.6) is 0 Å². The van der Waals surface area contributed by atoms with Crippen molar-refractivity contribution in [2.45, 2.75) is 19.3 Å². The van der Waals surface area contributed by atoms with Crippen LogP contribution in [0.1, 0.15) is 17.7 Å². The molecule has 0 atom stereocenters. The molecule has 0 aliphatic rings. The van der Waals surface area contributed by atoms with E-state index in [1.165, 1.54) is 24.1 Å². The fourth-order valence-electron chi connectivity index (χ4n) is 0.849. The Balaban J connectivity index is 2.15. The molecule has 0 saturated carbocycles. The summed E-state index contributed by atoms with van der Waals surface area (Å²) < 4.78 is 0. The molecule has 0 nitrogen and oxygen atoms in total. The predicted octanol–water partition coefficient (Wildman–Crippen LogP) is 3.47. The van der Waals surface area contributed by atoms with Gasteiger partial charge in [0.05, 0.1) is 0 Å². The molecule has 1 aromatic heterocycles. The van der Waals surface area contributed by atoms with Crippen molar-refractivity contribution in [2.24, 2.45) is 0 Å². The molecule has 0 aliphatic heterocycles. The summed E-state index contributed by atoms with van der Waals surface area (Å²) in [5.41, 5.74) is 0. The summed E-state index contributed by atoms with van der Waals surface area (Å²) in [5.74, 6) is 0. The molecular weight excluding hydrogens is 208 g/mol. The third-order valence-electron chi connectivity index (χ3n) is 1.39. The zero-order valence-corrected chi connectivity index (χ0v) is 8.25. The molecule has 0 aliphatic carbocycles. The second-order valence-corrected chi connectivity index (χ2v) is 4.05. The molecule has 0 bridgehead atoms. The van der Waals surface area contributed by atoms with Gasteiger partial charge in [-0.15, -0.1) is 11.3 Å². The summed E-state index contributed by atoms with van der Waals surface area (Å²) in [6, 6.07) is 4.33. The van der Waals surface area contributed by atoms with Crippen LogP contribution in [0.3, 0.4) is 0 Å². The van der Waals surface area contributed by atoms with Gasteiger partial charge in [-0.2, -0.15) is 0 Å². The number of rotatable bonds is 4. The van der Waals surface area contributed by atoms with Crippen molar-refractivity contribution < 1.29 is 0 Å². The lowest BCUT2D eigenvalue weighted by molar-refractivity contribution is 0.816. The zero-order valence-electron chi connectivity index (χ0n) is 5.85. The predicted molar refractivity (Wildman–Crippen MR) is 51.1 cm³/mol. The normalized spacial score (nSPS) is 10.1. The van der Waals surface area contributed by atoms with E-state index < -0.39 is 0 Å². The topological polar surface area (TPSA) is 0 Å². The van der Waals surface area contributed by atoms with Crippen LogP contribution in [0.4, 0.5) is 0 Å². The van der Waals surface area contributed by atoms with Gasteiger partial charge >= 0.3 is 0 Å². The minimum absolute atomic E-state index is 1.14. The van der Waals surface area contributed by atoms with Crippen molar-refractivity contribution in [1.29, 1.82) is 0 Å². The summed E-state index contributed by atoms with van der Waals surface area (Å²) in [7, 11) is 0. The third kappa shape index (κ3) is 2.84. The molecule has 1 aromatic rings. The van der Waals surface area contributed by atoms with Crippen molar-refractivity contribution in [3.05, 3.63) is 22.4 Å². The van der Waals surface area contributed by atoms with Gasteiger partial charge < -0.3 is 0 Å². The van der Waals surface area contributed by atoms with Crippen molar-refractivity contribution in [1.82, 2.24) is 0 Å². The molecular formula is C8H11BrS. The highest BCUT2D eigenvalue weighted by atomic mass is 79.9. The van der Waals surface area contributed by atoms with E-state index in [1.807, 2.05) is 11.3 Å². The van der Waals surface area contributed by atoms with Crippen molar-refractivity contribution in [3.63, 3.8) is 0 Å². The quantitative estimate of drug-likeness (QED) is 0.537. The van der Waals surface area contributed by atoms with E-state index in [2.05, 4.69) is 33.4 Å². The van der Waals surface area contributed by atoms with E-state index in [-0.39, 0.29) is 0 Å². The highest BCUT2D eigenvalue weighted by molar-refractivity contribution is 9.09. The maximum atomic E-state index is 3.42. The average Bonchev–Trinajstić information content (AvgIpc) is 2.41. The first-order chi connectivity index (χ1) is 4.93. The minimum Gasteiger partial charge on any atom is -0.149 e. The summed E-state index contributed by atoms with van der Waals surface area (Å²) in [6.45, 7) is 0. The SMILES string of the molecule is BrCCCCc1cccs1. The Morgan fingerprint density at radius 1 is 1.40 bits per heavy atom. The first-order valence-electron chi connectivity index (χ1n) is 3.52. The van der Waals surface area contributed by atoms with Gasteiger partial charge in [0.25, 0.3) is 0 Å². The molecule has 2 heteroatoms. The molecule has 1 rings (SSSR count). The molecule has 0 saturated heterocycles. The number of aryl methyl sites for hydroxylation is 1. The average molecular weight is 219 g/mol. The summed E-state index contributed by atoms with van der Waals surface area (Å²) >= 11 is 5.28. The summed E-state index contributed by atoms with van der Waals surface area (Å²) in [5, 5.41) is 3.28. The van der Waals surface area contributed by atoms with E-state index >= 15 is 0 Å². The Bertz CT molecular complexity index is 158. The smallest absolute Gasteiger partial charge is 0.00452 e. The summed E-state index contributed by atoms with van der Waals surface area (Å²) in [6.07, 6.45) is 3.85. The van der Waals surface area contributed by atoms with Crippen LogP contribution in [-0.2, 0) is 6.42 Å². The fraction of sp³-hybridized carbons (Fsp3) is 0.500. The molecule has 1 heterocycles. The first-order valence-corrected chi connectivity index (χ1v) is 5.52. The van der Waals surface area contributed by atoms with Crippen LogP contribution >= 0.6 is 27.3 Å². The van der Waals surface area contributed by atoms with E-state index in [0.717, 1.165) is 5.33 Å². The van der Waals surface area contributed by atoms with Gasteiger partial charge in [0.15, 0.2) is 0 Å².